The first kappa shape index (κ1) is 10.9. The van der Waals surface area contributed by atoms with Crippen molar-refractivity contribution < 1.29 is 4.79 Å². The van der Waals surface area contributed by atoms with E-state index in [1.54, 1.807) is 6.20 Å². The van der Waals surface area contributed by atoms with Crippen LogP contribution in [-0.4, -0.2) is 15.8 Å². The Labute approximate surface area is 111 Å². The predicted molar refractivity (Wildman–Crippen MR) is 69.8 cm³/mol. The van der Waals surface area contributed by atoms with Gasteiger partial charge in [0.05, 0.1) is 17.1 Å². The van der Waals surface area contributed by atoms with Crippen LogP contribution in [0, 0.1) is 0 Å². The van der Waals surface area contributed by atoms with Gasteiger partial charge in [0.2, 0.25) is 0 Å². The summed E-state index contributed by atoms with van der Waals surface area (Å²) in [7, 11) is 0. The molecule has 2 aromatic rings. The number of hydrogen-bond acceptors (Lipinski definition) is 3. The molecule has 86 valence electrons. The quantitative estimate of drug-likeness (QED) is 0.811. The lowest BCUT2D eigenvalue weighted by molar-refractivity contribution is 0.0755. The molecule has 3 nitrogen and oxygen atoms in total. The molecule has 0 bridgehead atoms. The van der Waals surface area contributed by atoms with Gasteiger partial charge in [-0.3, -0.25) is 9.78 Å². The molecule has 0 radical (unpaired) electrons. The topological polar surface area (TPSA) is 33.2 Å². The third-order valence-corrected chi connectivity index (χ3v) is 4.43. The van der Waals surface area contributed by atoms with Gasteiger partial charge < -0.3 is 4.90 Å². The molecule has 0 aliphatic carbocycles. The number of thiophene rings is 1. The molecule has 17 heavy (non-hydrogen) atoms. The van der Waals surface area contributed by atoms with Crippen LogP contribution in [0.25, 0.3) is 0 Å². The molecule has 1 aliphatic rings. The Hall–Kier alpha value is -1.20. The molecular weight excluding hydrogens is 300 g/mol. The van der Waals surface area contributed by atoms with Gasteiger partial charge >= 0.3 is 0 Å². The maximum Gasteiger partial charge on any atom is 0.264 e. The van der Waals surface area contributed by atoms with Crippen LogP contribution in [0.1, 0.15) is 20.9 Å². The average molecular weight is 309 g/mol. The minimum atomic E-state index is 0.0821. The number of nitrogens with zero attached hydrogens (tertiary/aromatic N) is 2. The summed E-state index contributed by atoms with van der Waals surface area (Å²) in [5, 5.41) is 1.93. The summed E-state index contributed by atoms with van der Waals surface area (Å²) in [6, 6.07) is 5.80. The second-order valence-electron chi connectivity index (χ2n) is 3.90. The van der Waals surface area contributed by atoms with E-state index < -0.39 is 0 Å². The maximum atomic E-state index is 12.2. The zero-order valence-electron chi connectivity index (χ0n) is 8.89. The van der Waals surface area contributed by atoms with Gasteiger partial charge in [0.15, 0.2) is 0 Å². The number of halogens is 1. The van der Waals surface area contributed by atoms with E-state index in [-0.39, 0.29) is 5.91 Å². The van der Waals surface area contributed by atoms with Crippen LogP contribution in [-0.2, 0) is 13.1 Å². The standard InChI is InChI=1S/C12H9BrN2OS/c13-9-4-11(17-7-9)12(16)15-5-8-2-1-3-14-10(8)6-15/h1-4,7H,5-6H2. The number of aromatic nitrogens is 1. The minimum absolute atomic E-state index is 0.0821. The summed E-state index contributed by atoms with van der Waals surface area (Å²) in [5.41, 5.74) is 2.16. The van der Waals surface area contributed by atoms with Crippen molar-refractivity contribution in [3.8, 4) is 0 Å². The van der Waals surface area contributed by atoms with Crippen LogP contribution >= 0.6 is 27.3 Å². The van der Waals surface area contributed by atoms with E-state index >= 15 is 0 Å². The van der Waals surface area contributed by atoms with Crippen LogP contribution in [0.5, 0.6) is 0 Å². The molecule has 0 saturated carbocycles. The summed E-state index contributed by atoms with van der Waals surface area (Å²) < 4.78 is 0.959. The summed E-state index contributed by atoms with van der Waals surface area (Å²) >= 11 is 4.83. The van der Waals surface area contributed by atoms with E-state index in [4.69, 9.17) is 0 Å². The second kappa shape index (κ2) is 4.23. The van der Waals surface area contributed by atoms with Crippen molar-refractivity contribution in [2.24, 2.45) is 0 Å². The highest BCUT2D eigenvalue weighted by molar-refractivity contribution is 9.10. The SMILES string of the molecule is O=C(c1cc(Br)cs1)N1Cc2cccnc2C1. The third kappa shape index (κ3) is 2.00. The Kier molecular flexibility index (Phi) is 2.72. The van der Waals surface area contributed by atoms with Gasteiger partial charge in [0.25, 0.3) is 5.91 Å². The molecule has 0 unspecified atom stereocenters. The Balaban J connectivity index is 1.83. The molecule has 0 spiro atoms. The lowest BCUT2D eigenvalue weighted by Crippen LogP contribution is -2.24. The van der Waals surface area contributed by atoms with Crippen LogP contribution in [0.4, 0.5) is 0 Å². The normalized spacial score (nSPS) is 13.8. The molecular formula is C12H9BrN2OS. The average Bonchev–Trinajstić information content (AvgIpc) is 2.93. The van der Waals surface area contributed by atoms with Crippen molar-refractivity contribution in [3.05, 3.63) is 50.4 Å². The fraction of sp³-hybridized carbons (Fsp3) is 0.167. The van der Waals surface area contributed by atoms with Gasteiger partial charge in [-0.1, -0.05) is 6.07 Å². The highest BCUT2D eigenvalue weighted by Crippen LogP contribution is 2.26. The van der Waals surface area contributed by atoms with Gasteiger partial charge in [0, 0.05) is 22.6 Å². The van der Waals surface area contributed by atoms with E-state index in [9.17, 15) is 4.79 Å². The molecule has 3 rings (SSSR count). The monoisotopic (exact) mass is 308 g/mol. The largest absolute Gasteiger partial charge is 0.328 e. The van der Waals surface area contributed by atoms with E-state index in [0.29, 0.717) is 13.1 Å². The Morgan fingerprint density at radius 3 is 3.06 bits per heavy atom. The van der Waals surface area contributed by atoms with Crippen LogP contribution in [0.3, 0.4) is 0 Å². The first-order valence-electron chi connectivity index (χ1n) is 5.20. The molecule has 0 fully saturated rings. The molecule has 1 amide bonds. The van der Waals surface area contributed by atoms with E-state index in [1.165, 1.54) is 11.3 Å². The van der Waals surface area contributed by atoms with Crippen molar-refractivity contribution in [2.45, 2.75) is 13.1 Å². The van der Waals surface area contributed by atoms with E-state index in [0.717, 1.165) is 20.6 Å². The number of hydrogen-bond donors (Lipinski definition) is 0. The zero-order valence-corrected chi connectivity index (χ0v) is 11.3. The molecule has 2 aromatic heterocycles. The first-order valence-corrected chi connectivity index (χ1v) is 6.87. The number of amides is 1. The van der Waals surface area contributed by atoms with Gasteiger partial charge in [0.1, 0.15) is 0 Å². The van der Waals surface area contributed by atoms with Crippen LogP contribution in [0.15, 0.2) is 34.2 Å². The van der Waals surface area contributed by atoms with Crippen LogP contribution < -0.4 is 0 Å². The lowest BCUT2D eigenvalue weighted by atomic mass is 10.2. The fourth-order valence-electron chi connectivity index (χ4n) is 1.92. The highest BCUT2D eigenvalue weighted by Gasteiger charge is 2.25. The first-order chi connectivity index (χ1) is 8.24. The van der Waals surface area contributed by atoms with Crippen molar-refractivity contribution >= 4 is 33.2 Å². The molecule has 5 heteroatoms. The smallest absolute Gasteiger partial charge is 0.264 e. The van der Waals surface area contributed by atoms with E-state index in [1.807, 2.05) is 28.5 Å². The molecule has 0 atom stereocenters. The number of carbonyl (C=O) groups is 1. The number of carbonyl (C=O) groups excluding carboxylic acids is 1. The molecule has 3 heterocycles. The van der Waals surface area contributed by atoms with Crippen LogP contribution in [0.2, 0.25) is 0 Å². The molecule has 0 saturated heterocycles. The Morgan fingerprint density at radius 2 is 2.35 bits per heavy atom. The summed E-state index contributed by atoms with van der Waals surface area (Å²) in [4.78, 5) is 19.1. The second-order valence-corrected chi connectivity index (χ2v) is 5.73. The van der Waals surface area contributed by atoms with Crippen molar-refractivity contribution in [3.63, 3.8) is 0 Å². The maximum absolute atomic E-state index is 12.2. The van der Waals surface area contributed by atoms with E-state index in [2.05, 4.69) is 20.9 Å². The highest BCUT2D eigenvalue weighted by atomic mass is 79.9. The predicted octanol–water partition coefficient (Wildman–Crippen LogP) is 3.06. The van der Waals surface area contributed by atoms with Crippen molar-refractivity contribution in [1.82, 2.24) is 9.88 Å². The minimum Gasteiger partial charge on any atom is -0.328 e. The van der Waals surface area contributed by atoms with Crippen molar-refractivity contribution in [2.75, 3.05) is 0 Å². The van der Waals surface area contributed by atoms with Gasteiger partial charge in [-0.25, -0.2) is 0 Å². The van der Waals surface area contributed by atoms with Gasteiger partial charge in [-0.05, 0) is 33.6 Å². The Bertz CT molecular complexity index is 556. The Morgan fingerprint density at radius 1 is 1.47 bits per heavy atom. The number of rotatable bonds is 1. The van der Waals surface area contributed by atoms with Gasteiger partial charge in [-0.2, -0.15) is 0 Å². The number of pyridine rings is 1. The zero-order chi connectivity index (χ0) is 11.8. The summed E-state index contributed by atoms with van der Waals surface area (Å²) in [5.74, 6) is 0.0821. The molecule has 0 aromatic carbocycles. The van der Waals surface area contributed by atoms with Crippen molar-refractivity contribution in [1.29, 1.82) is 0 Å². The van der Waals surface area contributed by atoms with Gasteiger partial charge in [-0.15, -0.1) is 11.3 Å². The summed E-state index contributed by atoms with van der Waals surface area (Å²) in [6.07, 6.45) is 1.77. The lowest BCUT2D eigenvalue weighted by Gasteiger charge is -2.13. The third-order valence-electron chi connectivity index (χ3n) is 2.75. The fourth-order valence-corrected chi connectivity index (χ4v) is 3.32. The summed E-state index contributed by atoms with van der Waals surface area (Å²) in [6.45, 7) is 1.28. The number of fused-ring (bicyclic) bond motifs is 1. The molecule has 1 aliphatic heterocycles. The molecule has 0 N–H and O–H groups in total.